The molecule has 10 nitrogen and oxygen atoms in total. The van der Waals surface area contributed by atoms with Gasteiger partial charge in [0.15, 0.2) is 0 Å². The number of nitrogens with one attached hydrogen (secondary N) is 2. The molecule has 52 heavy (non-hydrogen) atoms. The molecule has 0 radical (unpaired) electrons. The Kier molecular flexibility index (Phi) is 8.42. The summed E-state index contributed by atoms with van der Waals surface area (Å²) >= 11 is 14.1. The van der Waals surface area contributed by atoms with E-state index in [0.717, 1.165) is 60.6 Å². The van der Waals surface area contributed by atoms with Crippen molar-refractivity contribution in [3.05, 3.63) is 91.9 Å². The van der Waals surface area contributed by atoms with Crippen LogP contribution in [0.4, 0.5) is 24.7 Å². The van der Waals surface area contributed by atoms with Crippen LogP contribution < -0.4 is 20.9 Å². The van der Waals surface area contributed by atoms with Crippen LogP contribution in [-0.4, -0.2) is 56.3 Å². The van der Waals surface area contributed by atoms with Gasteiger partial charge in [0, 0.05) is 60.2 Å². The minimum atomic E-state index is -4.77. The summed E-state index contributed by atoms with van der Waals surface area (Å²) in [5.41, 5.74) is 2.77. The molecule has 5 aromatic rings. The molecule has 0 bridgehead atoms. The van der Waals surface area contributed by atoms with Gasteiger partial charge in [-0.25, -0.2) is 14.6 Å². The fraction of sp³-hybridized carbons (Fsp3) is 0.324. The van der Waals surface area contributed by atoms with Gasteiger partial charge < -0.3 is 15.4 Å². The Labute approximate surface area is 305 Å². The zero-order chi connectivity index (χ0) is 36.5. The summed E-state index contributed by atoms with van der Waals surface area (Å²) in [4.78, 5) is 36.2. The minimum absolute atomic E-state index is 0.0220. The number of halogens is 5. The van der Waals surface area contributed by atoms with E-state index in [0.29, 0.717) is 39.7 Å². The van der Waals surface area contributed by atoms with Crippen molar-refractivity contribution in [2.24, 2.45) is 7.05 Å². The average molecular weight is 751 g/mol. The van der Waals surface area contributed by atoms with Crippen molar-refractivity contribution in [3.8, 4) is 28.3 Å². The number of carbonyl (C=O) groups excluding carboxylic acids is 1. The number of aryl methyl sites for hydroxylation is 2. The molecule has 3 aliphatic rings. The van der Waals surface area contributed by atoms with Crippen LogP contribution >= 0.6 is 23.2 Å². The molecule has 2 atom stereocenters. The molecule has 2 fully saturated rings. The van der Waals surface area contributed by atoms with Gasteiger partial charge in [0.2, 0.25) is 11.8 Å². The maximum Gasteiger partial charge on any atom is 0.433 e. The number of hydrogen-bond donors (Lipinski definition) is 2. The zero-order valence-electron chi connectivity index (χ0n) is 28.1. The molecule has 268 valence electrons. The molecule has 2 saturated heterocycles. The number of alkyl halides is 3. The van der Waals surface area contributed by atoms with E-state index in [-0.39, 0.29) is 44.8 Å². The van der Waals surface area contributed by atoms with Crippen LogP contribution in [0.15, 0.2) is 59.5 Å². The largest absolute Gasteiger partial charge is 0.481 e. The van der Waals surface area contributed by atoms with Crippen molar-refractivity contribution in [2.75, 3.05) is 25.5 Å². The van der Waals surface area contributed by atoms with Gasteiger partial charge in [-0.3, -0.25) is 14.5 Å². The second kappa shape index (κ2) is 12.7. The predicted molar refractivity (Wildman–Crippen MR) is 192 cm³/mol. The maximum absolute atomic E-state index is 13.8. The lowest BCUT2D eigenvalue weighted by atomic mass is 9.97. The highest BCUT2D eigenvalue weighted by Crippen LogP contribution is 2.47. The number of rotatable bonds is 6. The lowest BCUT2D eigenvalue weighted by Gasteiger charge is -2.28. The first-order valence-corrected chi connectivity index (χ1v) is 17.5. The van der Waals surface area contributed by atoms with Crippen molar-refractivity contribution in [3.63, 3.8) is 0 Å². The Morgan fingerprint density at radius 3 is 2.48 bits per heavy atom. The third-order valence-electron chi connectivity index (χ3n) is 10.4. The fourth-order valence-electron chi connectivity index (χ4n) is 7.88. The lowest BCUT2D eigenvalue weighted by molar-refractivity contribution is -0.141. The first-order valence-electron chi connectivity index (χ1n) is 16.8. The second-order valence-corrected chi connectivity index (χ2v) is 14.3. The predicted octanol–water partition coefficient (Wildman–Crippen LogP) is 7.48. The third-order valence-corrected chi connectivity index (χ3v) is 11.2. The number of benzene rings is 2. The van der Waals surface area contributed by atoms with E-state index in [9.17, 15) is 22.8 Å². The van der Waals surface area contributed by atoms with Crippen molar-refractivity contribution < 1.29 is 22.7 Å². The molecule has 0 unspecified atom stereocenters. The van der Waals surface area contributed by atoms with Gasteiger partial charge in [0.1, 0.15) is 11.5 Å². The molecule has 2 aromatic carbocycles. The highest BCUT2D eigenvalue weighted by Gasteiger charge is 2.46. The quantitative estimate of drug-likeness (QED) is 0.184. The van der Waals surface area contributed by atoms with Gasteiger partial charge in [-0.05, 0) is 49.4 Å². The molecule has 1 spiro atoms. The Morgan fingerprint density at radius 1 is 1.00 bits per heavy atom. The lowest BCUT2D eigenvalue weighted by Crippen LogP contribution is -2.44. The Bertz CT molecular complexity index is 2350. The summed E-state index contributed by atoms with van der Waals surface area (Å²) in [5.74, 6) is 0.336. The number of anilines is 2. The van der Waals surface area contributed by atoms with Crippen LogP contribution in [0.5, 0.6) is 5.88 Å². The number of pyridine rings is 2. The molecule has 5 heterocycles. The number of amides is 1. The molecular weight excluding hydrogens is 718 g/mol. The fourth-order valence-corrected chi connectivity index (χ4v) is 8.48. The van der Waals surface area contributed by atoms with Crippen LogP contribution in [-0.2, 0) is 24.4 Å². The molecule has 8 rings (SSSR count). The standard InChI is InChI=1S/C37H32Cl2F3N7O3/c1-48-35(51)30-20(17-43-48)16-27(37(40,41)42)46-33(30)44-24-8-4-6-22(32(24)39)21-5-3-7-23(31(21)38)25-15-19-9-10-26(29(19)34(45-25)52-2)49-14-13-36(18-49)12-11-28(50)47-36/h3-8,15-17,26H,9-14,18H2,1-2H3,(H,44,46)(H,47,50)/t26-,36+/m0/s1. The Morgan fingerprint density at radius 2 is 1.75 bits per heavy atom. The van der Waals surface area contributed by atoms with E-state index in [1.165, 1.54) is 13.2 Å². The topological polar surface area (TPSA) is 114 Å². The van der Waals surface area contributed by atoms with E-state index in [1.807, 2.05) is 18.2 Å². The van der Waals surface area contributed by atoms with Gasteiger partial charge in [-0.1, -0.05) is 53.5 Å². The number of carbonyl (C=O) groups is 1. The van der Waals surface area contributed by atoms with Gasteiger partial charge in [0.25, 0.3) is 5.56 Å². The average Bonchev–Trinajstić information content (AvgIpc) is 3.84. The van der Waals surface area contributed by atoms with Crippen molar-refractivity contribution in [1.29, 1.82) is 0 Å². The van der Waals surface area contributed by atoms with Crippen LogP contribution in [0, 0.1) is 0 Å². The molecule has 3 aromatic heterocycles. The van der Waals surface area contributed by atoms with E-state index in [2.05, 4.69) is 25.6 Å². The summed E-state index contributed by atoms with van der Waals surface area (Å²) in [5, 5.41) is 10.4. The van der Waals surface area contributed by atoms with E-state index in [4.69, 9.17) is 32.9 Å². The number of hydrogen-bond acceptors (Lipinski definition) is 8. The van der Waals surface area contributed by atoms with Crippen molar-refractivity contribution in [2.45, 2.75) is 49.9 Å². The van der Waals surface area contributed by atoms with E-state index >= 15 is 0 Å². The number of methoxy groups -OCH3 is 1. The smallest absolute Gasteiger partial charge is 0.433 e. The molecule has 2 aliphatic heterocycles. The first-order chi connectivity index (χ1) is 24.9. The molecule has 1 aliphatic carbocycles. The highest BCUT2D eigenvalue weighted by molar-refractivity contribution is 6.39. The summed E-state index contributed by atoms with van der Waals surface area (Å²) in [6.45, 7) is 1.68. The Hall–Kier alpha value is -4.72. The summed E-state index contributed by atoms with van der Waals surface area (Å²) < 4.78 is 48.4. The third kappa shape index (κ3) is 5.84. The molecule has 15 heteroatoms. The molecule has 1 amide bonds. The molecule has 2 N–H and O–H groups in total. The van der Waals surface area contributed by atoms with Crippen LogP contribution in [0.3, 0.4) is 0 Å². The van der Waals surface area contributed by atoms with E-state index < -0.39 is 17.4 Å². The number of fused-ring (bicyclic) bond motifs is 2. The van der Waals surface area contributed by atoms with Gasteiger partial charge in [-0.2, -0.15) is 18.3 Å². The van der Waals surface area contributed by atoms with Crippen LogP contribution in [0.1, 0.15) is 48.5 Å². The summed E-state index contributed by atoms with van der Waals surface area (Å²) in [6.07, 6.45) is 0.486. The molecule has 0 saturated carbocycles. The summed E-state index contributed by atoms with van der Waals surface area (Å²) in [6, 6.07) is 13.4. The first kappa shape index (κ1) is 34.4. The second-order valence-electron chi connectivity index (χ2n) is 13.5. The van der Waals surface area contributed by atoms with Gasteiger partial charge >= 0.3 is 6.18 Å². The zero-order valence-corrected chi connectivity index (χ0v) is 29.6. The number of nitrogens with zero attached hydrogens (tertiary/aromatic N) is 5. The highest BCUT2D eigenvalue weighted by atomic mass is 35.5. The van der Waals surface area contributed by atoms with Crippen LogP contribution in [0.25, 0.3) is 33.2 Å². The van der Waals surface area contributed by atoms with Crippen molar-refractivity contribution in [1.82, 2.24) is 30.0 Å². The SMILES string of the molecule is COc1nc(-c2cccc(-c3cccc(Nc4nc(C(F)(F)F)cc5cnn(C)c(=O)c45)c3Cl)c2Cl)cc2c1[C@@H](N1CC[C@]3(CCC(=O)N3)C1)CC2. The summed E-state index contributed by atoms with van der Waals surface area (Å²) in [7, 11) is 3.01. The van der Waals surface area contributed by atoms with Crippen LogP contribution in [0.2, 0.25) is 10.0 Å². The maximum atomic E-state index is 13.8. The number of aromatic nitrogens is 4. The van der Waals surface area contributed by atoms with Gasteiger partial charge in [-0.15, -0.1) is 0 Å². The minimum Gasteiger partial charge on any atom is -0.481 e. The Balaban J connectivity index is 1.14. The van der Waals surface area contributed by atoms with Gasteiger partial charge in [0.05, 0.1) is 45.7 Å². The molecular formula is C37H32Cl2F3N7O3. The van der Waals surface area contributed by atoms with E-state index in [1.54, 1.807) is 31.4 Å². The van der Waals surface area contributed by atoms with Crippen molar-refractivity contribution >= 4 is 51.4 Å². The normalized spacial score (nSPS) is 20.1. The number of likely N-dealkylation sites (tertiary alicyclic amines) is 1. The monoisotopic (exact) mass is 749 g/mol. The number of ether oxygens (including phenoxy) is 1.